The molecule has 1 aliphatic rings. The number of rotatable bonds is 3. The Labute approximate surface area is 71.8 Å². The molecule has 12 heavy (non-hydrogen) atoms. The van der Waals surface area contributed by atoms with E-state index in [-0.39, 0.29) is 6.10 Å². The third kappa shape index (κ3) is 3.07. The van der Waals surface area contributed by atoms with Crippen LogP contribution in [0.1, 0.15) is 19.3 Å². The van der Waals surface area contributed by atoms with Gasteiger partial charge < -0.3 is 4.89 Å². The lowest BCUT2D eigenvalue weighted by Crippen LogP contribution is -2.12. The molecule has 0 aromatic carbocycles. The van der Waals surface area contributed by atoms with Crippen LogP contribution in [-0.4, -0.2) is 18.1 Å². The maximum absolute atomic E-state index is 10.9. The van der Waals surface area contributed by atoms with Gasteiger partial charge in [0.1, 0.15) is 0 Å². The predicted molar refractivity (Wildman–Crippen MR) is 44.7 cm³/mol. The number of hydrogen-bond donors (Lipinski definition) is 1. The summed E-state index contributed by atoms with van der Waals surface area (Å²) in [5.74, 6) is 0. The third-order valence-electron chi connectivity index (χ3n) is 1.73. The van der Waals surface area contributed by atoms with Gasteiger partial charge in [-0.05, 0) is 19.3 Å². The first-order valence-corrected chi connectivity index (χ1v) is 5.35. The number of allylic oxidation sites excluding steroid dienone is 1. The SMILES string of the molecule is COP(=O)(O)OC1CC=CCC1. The van der Waals surface area contributed by atoms with Crippen molar-refractivity contribution in [3.05, 3.63) is 12.2 Å². The molecule has 0 saturated heterocycles. The molecule has 1 aliphatic carbocycles. The number of phosphoric acid groups is 1. The molecule has 0 fully saturated rings. The summed E-state index contributed by atoms with van der Waals surface area (Å²) in [7, 11) is -2.61. The lowest BCUT2D eigenvalue weighted by atomic mass is 10.1. The van der Waals surface area contributed by atoms with Gasteiger partial charge in [-0.2, -0.15) is 0 Å². The van der Waals surface area contributed by atoms with Crippen LogP contribution in [0, 0.1) is 0 Å². The van der Waals surface area contributed by atoms with E-state index < -0.39 is 7.82 Å². The first-order valence-electron chi connectivity index (χ1n) is 3.86. The van der Waals surface area contributed by atoms with Crippen LogP contribution in [0.3, 0.4) is 0 Å². The number of hydrogen-bond acceptors (Lipinski definition) is 3. The molecule has 0 spiro atoms. The van der Waals surface area contributed by atoms with E-state index in [0.717, 1.165) is 12.8 Å². The molecule has 0 aliphatic heterocycles. The summed E-state index contributed by atoms with van der Waals surface area (Å²) in [4.78, 5) is 8.96. The molecule has 0 aromatic heterocycles. The van der Waals surface area contributed by atoms with Gasteiger partial charge in [-0.3, -0.25) is 9.05 Å². The molecular weight excluding hydrogens is 179 g/mol. The second-order valence-corrected chi connectivity index (χ2v) is 4.18. The fourth-order valence-electron chi connectivity index (χ4n) is 1.09. The molecule has 0 aromatic rings. The molecule has 0 amide bonds. The van der Waals surface area contributed by atoms with Crippen LogP contribution >= 0.6 is 7.82 Å². The average Bonchev–Trinajstić information content (AvgIpc) is 2.06. The maximum Gasteiger partial charge on any atom is 0.472 e. The van der Waals surface area contributed by atoms with E-state index in [0.29, 0.717) is 6.42 Å². The first-order chi connectivity index (χ1) is 5.64. The predicted octanol–water partition coefficient (Wildman–Crippen LogP) is 1.86. The average molecular weight is 192 g/mol. The fourth-order valence-corrected chi connectivity index (χ4v) is 1.75. The zero-order valence-electron chi connectivity index (χ0n) is 6.97. The molecule has 1 rings (SSSR count). The highest BCUT2D eigenvalue weighted by Gasteiger charge is 2.24. The van der Waals surface area contributed by atoms with E-state index in [2.05, 4.69) is 4.52 Å². The van der Waals surface area contributed by atoms with Crippen molar-refractivity contribution in [2.45, 2.75) is 25.4 Å². The standard InChI is InChI=1S/C7H13O4P/c1-10-12(8,9)11-7-5-3-2-4-6-7/h2-3,7H,4-6H2,1H3,(H,8,9). The molecule has 4 nitrogen and oxygen atoms in total. The van der Waals surface area contributed by atoms with E-state index in [1.54, 1.807) is 0 Å². The molecule has 0 radical (unpaired) electrons. The summed E-state index contributed by atoms with van der Waals surface area (Å²) in [5.41, 5.74) is 0. The van der Waals surface area contributed by atoms with Gasteiger partial charge in [-0.15, -0.1) is 0 Å². The van der Waals surface area contributed by atoms with Crippen molar-refractivity contribution in [3.8, 4) is 0 Å². The van der Waals surface area contributed by atoms with E-state index in [4.69, 9.17) is 9.42 Å². The van der Waals surface area contributed by atoms with Crippen molar-refractivity contribution in [2.75, 3.05) is 7.11 Å². The molecule has 1 N–H and O–H groups in total. The molecule has 0 bridgehead atoms. The van der Waals surface area contributed by atoms with Crippen LogP contribution in [0.2, 0.25) is 0 Å². The highest BCUT2D eigenvalue weighted by molar-refractivity contribution is 7.47. The van der Waals surface area contributed by atoms with Crippen molar-refractivity contribution in [2.24, 2.45) is 0 Å². The second-order valence-electron chi connectivity index (χ2n) is 2.66. The summed E-state index contributed by atoms with van der Waals surface area (Å²) in [6.45, 7) is 0. The topological polar surface area (TPSA) is 55.8 Å². The second kappa shape index (κ2) is 4.19. The summed E-state index contributed by atoms with van der Waals surface area (Å²) in [6, 6.07) is 0. The van der Waals surface area contributed by atoms with E-state index in [9.17, 15) is 4.57 Å². The molecular formula is C7H13O4P. The van der Waals surface area contributed by atoms with Crippen LogP contribution in [0.15, 0.2) is 12.2 Å². The zero-order valence-corrected chi connectivity index (χ0v) is 7.87. The Balaban J connectivity index is 2.40. The molecule has 2 atom stereocenters. The summed E-state index contributed by atoms with van der Waals surface area (Å²) >= 11 is 0. The minimum absolute atomic E-state index is 0.175. The minimum atomic E-state index is -3.78. The zero-order chi connectivity index (χ0) is 9.03. The largest absolute Gasteiger partial charge is 0.472 e. The van der Waals surface area contributed by atoms with E-state index in [1.165, 1.54) is 7.11 Å². The van der Waals surface area contributed by atoms with Gasteiger partial charge in [-0.25, -0.2) is 4.57 Å². The molecule has 2 unspecified atom stereocenters. The van der Waals surface area contributed by atoms with Crippen LogP contribution < -0.4 is 0 Å². The number of phosphoric ester groups is 1. The smallest absolute Gasteiger partial charge is 0.302 e. The Kier molecular flexibility index (Phi) is 3.47. The van der Waals surface area contributed by atoms with Gasteiger partial charge in [0.05, 0.1) is 6.10 Å². The van der Waals surface area contributed by atoms with Crippen molar-refractivity contribution >= 4 is 7.82 Å². The van der Waals surface area contributed by atoms with Crippen LogP contribution in [0.4, 0.5) is 0 Å². The van der Waals surface area contributed by atoms with Crippen molar-refractivity contribution in [3.63, 3.8) is 0 Å². The van der Waals surface area contributed by atoms with Crippen LogP contribution in [0.5, 0.6) is 0 Å². The highest BCUT2D eigenvalue weighted by atomic mass is 31.2. The van der Waals surface area contributed by atoms with Crippen molar-refractivity contribution in [1.82, 2.24) is 0 Å². The van der Waals surface area contributed by atoms with Gasteiger partial charge in [0.25, 0.3) is 0 Å². The Morgan fingerprint density at radius 2 is 2.33 bits per heavy atom. The monoisotopic (exact) mass is 192 g/mol. The van der Waals surface area contributed by atoms with Gasteiger partial charge in [-0.1, -0.05) is 12.2 Å². The first kappa shape index (κ1) is 9.93. The molecule has 0 heterocycles. The lowest BCUT2D eigenvalue weighted by Gasteiger charge is -2.20. The summed E-state index contributed by atoms with van der Waals surface area (Å²) < 4.78 is 20.1. The Morgan fingerprint density at radius 3 is 2.83 bits per heavy atom. The Morgan fingerprint density at radius 1 is 1.58 bits per heavy atom. The molecule has 70 valence electrons. The quantitative estimate of drug-likeness (QED) is 0.547. The Bertz CT molecular complexity index is 213. The van der Waals surface area contributed by atoms with Gasteiger partial charge in [0.15, 0.2) is 0 Å². The Hall–Kier alpha value is -0.150. The summed E-state index contributed by atoms with van der Waals surface area (Å²) in [6.07, 6.45) is 6.18. The maximum atomic E-state index is 10.9. The lowest BCUT2D eigenvalue weighted by molar-refractivity contribution is 0.113. The molecule has 0 saturated carbocycles. The minimum Gasteiger partial charge on any atom is -0.302 e. The van der Waals surface area contributed by atoms with E-state index in [1.807, 2.05) is 12.2 Å². The highest BCUT2D eigenvalue weighted by Crippen LogP contribution is 2.45. The van der Waals surface area contributed by atoms with Gasteiger partial charge >= 0.3 is 7.82 Å². The van der Waals surface area contributed by atoms with Crippen molar-refractivity contribution in [1.29, 1.82) is 0 Å². The van der Waals surface area contributed by atoms with Crippen molar-refractivity contribution < 1.29 is 18.5 Å². The van der Waals surface area contributed by atoms with Crippen LogP contribution in [-0.2, 0) is 13.6 Å². The van der Waals surface area contributed by atoms with Gasteiger partial charge in [0.2, 0.25) is 0 Å². The van der Waals surface area contributed by atoms with E-state index >= 15 is 0 Å². The van der Waals surface area contributed by atoms with Crippen LogP contribution in [0.25, 0.3) is 0 Å². The normalized spacial score (nSPS) is 28.3. The third-order valence-corrected chi connectivity index (χ3v) is 2.76. The van der Waals surface area contributed by atoms with Gasteiger partial charge in [0, 0.05) is 7.11 Å². The molecule has 5 heteroatoms. The fraction of sp³-hybridized carbons (Fsp3) is 0.714. The summed E-state index contributed by atoms with van der Waals surface area (Å²) in [5, 5.41) is 0.